The van der Waals surface area contributed by atoms with Crippen molar-refractivity contribution in [2.24, 2.45) is 5.73 Å². The van der Waals surface area contributed by atoms with Crippen LogP contribution in [-0.4, -0.2) is 66.7 Å². The van der Waals surface area contributed by atoms with Crippen LogP contribution in [0.5, 0.6) is 17.2 Å². The fourth-order valence-electron chi connectivity index (χ4n) is 5.51. The van der Waals surface area contributed by atoms with Crippen LogP contribution in [0.15, 0.2) is 79.4 Å². The number of alkyl halides is 2. The third-order valence-electron chi connectivity index (χ3n) is 7.88. The summed E-state index contributed by atoms with van der Waals surface area (Å²) in [5.74, 6) is -2.42. The lowest BCUT2D eigenvalue weighted by molar-refractivity contribution is -0.138. The number of para-hydroxylation sites is 1. The van der Waals surface area contributed by atoms with Crippen LogP contribution in [0.2, 0.25) is 0 Å². The van der Waals surface area contributed by atoms with Crippen molar-refractivity contribution in [3.63, 3.8) is 0 Å². The SMILES string of the molecule is Cc1cc(Oc2ccccc2F)ccc1-n1ncc(C(=O)c2cc3cc(OCC(F)F)c(N(C(N)=O)[C@@H](Cc4cnc[nH]4)C(=O)O)cc3[nH]2)c1N. The first kappa shape index (κ1) is 34.1. The molecule has 0 fully saturated rings. The Kier molecular flexibility index (Phi) is 9.35. The zero-order chi connectivity index (χ0) is 36.4. The number of hydrogen-bond donors (Lipinski definition) is 5. The molecule has 0 spiro atoms. The summed E-state index contributed by atoms with van der Waals surface area (Å²) < 4.78 is 52.9. The number of nitrogens with two attached hydrogens (primary N) is 2. The van der Waals surface area contributed by atoms with Gasteiger partial charge in [0.25, 0.3) is 6.43 Å². The number of hydrogen-bond acceptors (Lipinski definition) is 8. The van der Waals surface area contributed by atoms with Gasteiger partial charge in [-0.15, -0.1) is 0 Å². The number of urea groups is 1. The number of rotatable bonds is 13. The van der Waals surface area contributed by atoms with E-state index in [0.717, 1.165) is 0 Å². The number of carbonyl (C=O) groups is 3. The molecule has 14 nitrogen and oxygen atoms in total. The normalized spacial score (nSPS) is 11.9. The van der Waals surface area contributed by atoms with Gasteiger partial charge in [0.2, 0.25) is 5.78 Å². The van der Waals surface area contributed by atoms with Crippen LogP contribution in [0.1, 0.15) is 27.3 Å². The van der Waals surface area contributed by atoms with Crippen molar-refractivity contribution >= 4 is 40.2 Å². The second kappa shape index (κ2) is 14.0. The molecule has 3 aromatic carbocycles. The number of anilines is 2. The molecule has 262 valence electrons. The second-order valence-electron chi connectivity index (χ2n) is 11.3. The Morgan fingerprint density at radius 2 is 1.84 bits per heavy atom. The van der Waals surface area contributed by atoms with Gasteiger partial charge < -0.3 is 36.0 Å². The number of ketones is 1. The molecule has 0 saturated heterocycles. The number of nitrogens with one attached hydrogen (secondary N) is 2. The first-order valence-electron chi connectivity index (χ1n) is 15.2. The highest BCUT2D eigenvalue weighted by molar-refractivity contribution is 6.13. The molecule has 7 N–H and O–H groups in total. The van der Waals surface area contributed by atoms with E-state index in [1.807, 2.05) is 0 Å². The number of carboxylic acids is 1. The quantitative estimate of drug-likeness (QED) is 0.0981. The number of carboxylic acid groups (broad SMARTS) is 1. The number of nitrogen functional groups attached to an aromatic ring is 1. The zero-order valence-corrected chi connectivity index (χ0v) is 26.6. The Labute approximate surface area is 286 Å². The minimum atomic E-state index is -2.90. The van der Waals surface area contributed by atoms with Crippen molar-refractivity contribution in [1.82, 2.24) is 24.7 Å². The molecular weight excluding hydrogens is 673 g/mol. The lowest BCUT2D eigenvalue weighted by atomic mass is 10.1. The van der Waals surface area contributed by atoms with Gasteiger partial charge >= 0.3 is 12.0 Å². The summed E-state index contributed by atoms with van der Waals surface area (Å²) in [5, 5.41) is 14.7. The number of H-pyrrole nitrogens is 2. The van der Waals surface area contributed by atoms with E-state index < -0.39 is 42.7 Å². The third-order valence-corrected chi connectivity index (χ3v) is 7.88. The standard InChI is InChI=1S/C34H29F3N8O6/c1-17-8-20(51-28-5-3-2-4-22(28)35)6-7-25(17)45-32(38)21(14-42-45)31(46)24-9-18-10-29(50-15-30(36)37)26(12-23(18)43-24)44(34(39)49)27(33(47)48)11-19-13-40-16-41-19/h2-10,12-14,16,27,30,43H,11,15,38H2,1H3,(H2,39,49)(H,40,41)(H,47,48)/t27-/m0/s1. The largest absolute Gasteiger partial charge is 0.485 e. The van der Waals surface area contributed by atoms with E-state index in [0.29, 0.717) is 33.0 Å². The molecule has 0 aliphatic rings. The Morgan fingerprint density at radius 1 is 1.06 bits per heavy atom. The van der Waals surface area contributed by atoms with Crippen molar-refractivity contribution in [2.45, 2.75) is 25.8 Å². The third kappa shape index (κ3) is 7.03. The number of aliphatic carboxylic acids is 1. The maximum Gasteiger partial charge on any atom is 0.327 e. The van der Waals surface area contributed by atoms with Crippen molar-refractivity contribution in [3.05, 3.63) is 108 Å². The van der Waals surface area contributed by atoms with Crippen LogP contribution < -0.4 is 25.8 Å². The second-order valence-corrected chi connectivity index (χ2v) is 11.3. The number of aryl methyl sites for hydroxylation is 1. The molecule has 2 amide bonds. The predicted molar refractivity (Wildman–Crippen MR) is 178 cm³/mol. The molecular formula is C34H29F3N8O6. The molecule has 6 aromatic rings. The summed E-state index contributed by atoms with van der Waals surface area (Å²) in [4.78, 5) is 49.1. The van der Waals surface area contributed by atoms with Gasteiger partial charge in [0, 0.05) is 29.2 Å². The smallest absolute Gasteiger partial charge is 0.327 e. The number of imidazole rings is 1. The molecule has 3 aromatic heterocycles. The number of aromatic nitrogens is 5. The summed E-state index contributed by atoms with van der Waals surface area (Å²) in [6, 6.07) is 12.0. The Hall–Kier alpha value is -6.78. The molecule has 17 heteroatoms. The van der Waals surface area contributed by atoms with Gasteiger partial charge in [-0.25, -0.2) is 32.4 Å². The molecule has 51 heavy (non-hydrogen) atoms. The van der Waals surface area contributed by atoms with Gasteiger partial charge in [0.05, 0.1) is 35.2 Å². The summed E-state index contributed by atoms with van der Waals surface area (Å²) in [7, 11) is 0. The van der Waals surface area contributed by atoms with Crippen molar-refractivity contribution in [3.8, 4) is 22.9 Å². The van der Waals surface area contributed by atoms with Crippen LogP contribution >= 0.6 is 0 Å². The fourth-order valence-corrected chi connectivity index (χ4v) is 5.51. The minimum absolute atomic E-state index is 0.00539. The van der Waals surface area contributed by atoms with Crippen LogP contribution in [0.4, 0.5) is 29.5 Å². The number of primary amides is 1. The first-order valence-corrected chi connectivity index (χ1v) is 15.2. The van der Waals surface area contributed by atoms with Gasteiger partial charge in [-0.05, 0) is 61.0 Å². The van der Waals surface area contributed by atoms with E-state index in [-0.39, 0.29) is 46.2 Å². The molecule has 0 radical (unpaired) electrons. The molecule has 0 bridgehead atoms. The maximum absolute atomic E-state index is 14.1. The maximum atomic E-state index is 14.1. The van der Waals surface area contributed by atoms with E-state index in [9.17, 15) is 32.7 Å². The van der Waals surface area contributed by atoms with Crippen molar-refractivity contribution in [1.29, 1.82) is 0 Å². The first-order chi connectivity index (χ1) is 24.4. The Morgan fingerprint density at radius 3 is 2.51 bits per heavy atom. The number of carbonyl (C=O) groups excluding carboxylic acids is 2. The number of ether oxygens (including phenoxy) is 2. The minimum Gasteiger partial charge on any atom is -0.485 e. The number of nitrogens with zero attached hydrogens (tertiary/aromatic N) is 4. The van der Waals surface area contributed by atoms with Gasteiger partial charge in [-0.3, -0.25) is 9.69 Å². The number of aromatic amines is 2. The highest BCUT2D eigenvalue weighted by atomic mass is 19.3. The van der Waals surface area contributed by atoms with E-state index >= 15 is 0 Å². The van der Waals surface area contributed by atoms with Crippen LogP contribution in [0.3, 0.4) is 0 Å². The topological polar surface area (TPSA) is 207 Å². The van der Waals surface area contributed by atoms with E-state index in [1.54, 1.807) is 37.3 Å². The van der Waals surface area contributed by atoms with Gasteiger partial charge in [0.1, 0.15) is 30.0 Å². The average Bonchev–Trinajstić information content (AvgIpc) is 3.84. The highest BCUT2D eigenvalue weighted by Crippen LogP contribution is 2.37. The number of halogens is 3. The Balaban J connectivity index is 1.33. The Bertz CT molecular complexity index is 2250. The van der Waals surface area contributed by atoms with Crippen molar-refractivity contribution < 1.29 is 42.1 Å². The monoisotopic (exact) mass is 702 g/mol. The molecule has 0 unspecified atom stereocenters. The van der Waals surface area contributed by atoms with Gasteiger partial charge in [-0.1, -0.05) is 12.1 Å². The van der Waals surface area contributed by atoms with E-state index in [1.165, 1.54) is 53.7 Å². The summed E-state index contributed by atoms with van der Waals surface area (Å²) in [6.07, 6.45) is 0.794. The molecule has 3 heterocycles. The van der Waals surface area contributed by atoms with Crippen LogP contribution in [0.25, 0.3) is 16.6 Å². The molecule has 0 aliphatic heterocycles. The molecule has 0 saturated carbocycles. The van der Waals surface area contributed by atoms with Crippen molar-refractivity contribution in [2.75, 3.05) is 17.2 Å². The molecule has 1 atom stereocenters. The van der Waals surface area contributed by atoms with Gasteiger partial charge in [0.15, 0.2) is 11.6 Å². The summed E-state index contributed by atoms with van der Waals surface area (Å²) in [6.45, 7) is 0.680. The van der Waals surface area contributed by atoms with E-state index in [4.69, 9.17) is 20.9 Å². The van der Waals surface area contributed by atoms with Crippen LogP contribution in [-0.2, 0) is 11.2 Å². The molecule has 6 rings (SSSR count). The number of benzene rings is 3. The van der Waals surface area contributed by atoms with Crippen LogP contribution in [0, 0.1) is 12.7 Å². The van der Waals surface area contributed by atoms with E-state index in [2.05, 4.69) is 20.1 Å². The lowest BCUT2D eigenvalue weighted by Gasteiger charge is -2.28. The lowest BCUT2D eigenvalue weighted by Crippen LogP contribution is -2.49. The number of fused-ring (bicyclic) bond motifs is 1. The summed E-state index contributed by atoms with van der Waals surface area (Å²) in [5.41, 5.74) is 13.6. The predicted octanol–water partition coefficient (Wildman–Crippen LogP) is 5.35. The molecule has 0 aliphatic carbocycles. The summed E-state index contributed by atoms with van der Waals surface area (Å²) >= 11 is 0. The zero-order valence-electron chi connectivity index (χ0n) is 26.6. The fraction of sp³-hybridized carbons (Fsp3) is 0.147. The average molecular weight is 703 g/mol. The highest BCUT2D eigenvalue weighted by Gasteiger charge is 2.33. The number of amides is 2. The van der Waals surface area contributed by atoms with Gasteiger partial charge in [-0.2, -0.15) is 5.10 Å².